The van der Waals surface area contributed by atoms with Gasteiger partial charge in [-0.25, -0.2) is 13.4 Å². The lowest BCUT2D eigenvalue weighted by Crippen LogP contribution is -2.39. The third kappa shape index (κ3) is 4.63. The molecule has 1 saturated heterocycles. The Labute approximate surface area is 151 Å². The van der Waals surface area contributed by atoms with Crippen LogP contribution in [0.15, 0.2) is 11.4 Å². The van der Waals surface area contributed by atoms with E-state index in [0.717, 1.165) is 38.0 Å². The van der Waals surface area contributed by atoms with Crippen LogP contribution in [0.4, 0.5) is 0 Å². The van der Waals surface area contributed by atoms with Gasteiger partial charge in [0.2, 0.25) is 15.0 Å². The summed E-state index contributed by atoms with van der Waals surface area (Å²) in [7, 11) is -1.67. The van der Waals surface area contributed by atoms with E-state index in [0.29, 0.717) is 25.1 Å². The Balaban J connectivity index is 1.82. The number of aromatic nitrogens is 2. The van der Waals surface area contributed by atoms with Crippen molar-refractivity contribution in [3.63, 3.8) is 0 Å². The van der Waals surface area contributed by atoms with Crippen LogP contribution >= 0.6 is 0 Å². The van der Waals surface area contributed by atoms with Gasteiger partial charge in [-0.3, -0.25) is 4.90 Å². The van der Waals surface area contributed by atoms with Crippen LogP contribution in [0.5, 0.6) is 0 Å². The fourth-order valence-electron chi connectivity index (χ4n) is 3.80. The molecule has 2 fully saturated rings. The molecule has 0 radical (unpaired) electrons. The highest BCUT2D eigenvalue weighted by atomic mass is 32.2. The molecule has 1 aromatic heterocycles. The second-order valence-corrected chi connectivity index (χ2v) is 9.36. The number of likely N-dealkylation sites (tertiary alicyclic amines) is 1. The Bertz CT molecular complexity index is 667. The molecule has 0 spiro atoms. The largest absolute Gasteiger partial charge is 0.383 e. The van der Waals surface area contributed by atoms with Crippen molar-refractivity contribution in [2.45, 2.75) is 69.7 Å². The fourth-order valence-corrected chi connectivity index (χ4v) is 5.66. The van der Waals surface area contributed by atoms with Crippen molar-refractivity contribution in [1.82, 2.24) is 14.5 Å². The number of sulfone groups is 1. The van der Waals surface area contributed by atoms with E-state index >= 15 is 0 Å². The highest BCUT2D eigenvalue weighted by Crippen LogP contribution is 2.32. The summed E-state index contributed by atoms with van der Waals surface area (Å²) in [5.74, 6) is 0.560. The number of ether oxygens (including phenoxy) is 1. The van der Waals surface area contributed by atoms with E-state index in [2.05, 4.69) is 16.8 Å². The monoisotopic (exact) mass is 369 g/mol. The van der Waals surface area contributed by atoms with Crippen LogP contribution in [-0.4, -0.2) is 54.9 Å². The zero-order chi connectivity index (χ0) is 17.9. The van der Waals surface area contributed by atoms with Crippen molar-refractivity contribution >= 4 is 9.84 Å². The van der Waals surface area contributed by atoms with Crippen molar-refractivity contribution in [3.8, 4) is 0 Å². The molecule has 7 heteroatoms. The Morgan fingerprint density at radius 3 is 2.76 bits per heavy atom. The number of hydrogen-bond donors (Lipinski definition) is 0. The summed E-state index contributed by atoms with van der Waals surface area (Å²) in [5.41, 5.74) is 0.992. The van der Waals surface area contributed by atoms with Gasteiger partial charge in [0.1, 0.15) is 0 Å². The van der Waals surface area contributed by atoms with Gasteiger partial charge in [-0.05, 0) is 44.6 Å². The van der Waals surface area contributed by atoms with Crippen LogP contribution < -0.4 is 0 Å². The summed E-state index contributed by atoms with van der Waals surface area (Å²) in [5, 5.41) is 0.233. The summed E-state index contributed by atoms with van der Waals surface area (Å²) in [6.45, 7) is 5.12. The Kier molecular flexibility index (Phi) is 6.17. The van der Waals surface area contributed by atoms with Gasteiger partial charge >= 0.3 is 0 Å². The predicted octanol–water partition coefficient (Wildman–Crippen LogP) is 2.48. The number of rotatable bonds is 9. The van der Waals surface area contributed by atoms with Crippen LogP contribution in [0.3, 0.4) is 0 Å². The van der Waals surface area contributed by atoms with E-state index in [9.17, 15) is 8.42 Å². The number of imidazole rings is 1. The van der Waals surface area contributed by atoms with E-state index in [1.807, 2.05) is 4.57 Å². The highest BCUT2D eigenvalue weighted by Gasteiger charge is 2.33. The van der Waals surface area contributed by atoms with Gasteiger partial charge in [0.25, 0.3) is 0 Å². The minimum atomic E-state index is -3.32. The smallest absolute Gasteiger partial charge is 0.227 e. The Morgan fingerprint density at radius 1 is 1.28 bits per heavy atom. The number of methoxy groups -OCH3 is 1. The summed E-state index contributed by atoms with van der Waals surface area (Å²) in [6.07, 6.45) is 8.69. The normalized spacial score (nSPS) is 22.4. The maximum Gasteiger partial charge on any atom is 0.227 e. The minimum Gasteiger partial charge on any atom is -0.383 e. The molecule has 142 valence electrons. The zero-order valence-corrected chi connectivity index (χ0v) is 16.3. The molecule has 0 amide bonds. The van der Waals surface area contributed by atoms with E-state index in [1.54, 1.807) is 13.3 Å². The summed E-state index contributed by atoms with van der Waals surface area (Å²) >= 11 is 0. The van der Waals surface area contributed by atoms with Crippen molar-refractivity contribution in [2.24, 2.45) is 5.92 Å². The lowest BCUT2D eigenvalue weighted by Gasteiger charge is -2.35. The maximum atomic E-state index is 12.8. The SMILES string of the molecule is CC[C@H]1CCCCN1Cc1cnc(S(=O)(=O)CC2CC2)n1CCOC. The molecule has 3 rings (SSSR count). The topological polar surface area (TPSA) is 64.4 Å². The molecule has 1 aliphatic carbocycles. The van der Waals surface area contributed by atoms with E-state index in [-0.39, 0.29) is 10.9 Å². The highest BCUT2D eigenvalue weighted by molar-refractivity contribution is 7.91. The van der Waals surface area contributed by atoms with Crippen molar-refractivity contribution in [3.05, 3.63) is 11.9 Å². The molecule has 2 heterocycles. The first-order valence-electron chi connectivity index (χ1n) is 9.55. The molecule has 1 atom stereocenters. The first kappa shape index (κ1) is 18.9. The van der Waals surface area contributed by atoms with Gasteiger partial charge in [-0.2, -0.15) is 0 Å². The third-order valence-corrected chi connectivity index (χ3v) is 7.23. The first-order valence-corrected chi connectivity index (χ1v) is 11.2. The standard InChI is InChI=1S/C18H31N3O3S/c1-3-16-6-4-5-9-20(16)13-17-12-19-18(21(17)10-11-24-2)25(22,23)14-15-7-8-15/h12,15-16H,3-11,13-14H2,1-2H3/t16-/m0/s1. The second-order valence-electron chi connectivity index (χ2n) is 7.43. The third-order valence-electron chi connectivity index (χ3n) is 5.44. The second kappa shape index (κ2) is 8.18. The fraction of sp³-hybridized carbons (Fsp3) is 0.833. The number of hydrogen-bond acceptors (Lipinski definition) is 5. The van der Waals surface area contributed by atoms with Crippen LogP contribution in [0, 0.1) is 5.92 Å². The molecule has 1 aromatic rings. The summed E-state index contributed by atoms with van der Waals surface area (Å²) in [6, 6.07) is 0.589. The quantitative estimate of drug-likeness (QED) is 0.669. The van der Waals surface area contributed by atoms with Crippen LogP contribution in [0.1, 0.15) is 51.1 Å². The zero-order valence-electron chi connectivity index (χ0n) is 15.5. The van der Waals surface area contributed by atoms with Gasteiger partial charge in [0.05, 0.1) is 24.3 Å². The molecule has 0 aromatic carbocycles. The van der Waals surface area contributed by atoms with E-state index in [1.165, 1.54) is 19.3 Å². The minimum absolute atomic E-state index is 0.233. The summed E-state index contributed by atoms with van der Waals surface area (Å²) < 4.78 is 32.6. The molecular formula is C18H31N3O3S. The van der Waals surface area contributed by atoms with Gasteiger partial charge in [0, 0.05) is 26.2 Å². The van der Waals surface area contributed by atoms with E-state index in [4.69, 9.17) is 4.74 Å². The van der Waals surface area contributed by atoms with Crippen LogP contribution in [-0.2, 0) is 27.7 Å². The molecular weight excluding hydrogens is 338 g/mol. The predicted molar refractivity (Wildman–Crippen MR) is 97.2 cm³/mol. The molecule has 25 heavy (non-hydrogen) atoms. The maximum absolute atomic E-state index is 12.8. The van der Waals surface area contributed by atoms with Gasteiger partial charge in [-0.1, -0.05) is 13.3 Å². The van der Waals surface area contributed by atoms with Crippen molar-refractivity contribution in [2.75, 3.05) is 26.0 Å². The van der Waals surface area contributed by atoms with Crippen molar-refractivity contribution in [1.29, 1.82) is 0 Å². The molecule has 0 unspecified atom stereocenters. The Morgan fingerprint density at radius 2 is 2.08 bits per heavy atom. The molecule has 1 saturated carbocycles. The molecule has 2 aliphatic rings. The van der Waals surface area contributed by atoms with Crippen LogP contribution in [0.25, 0.3) is 0 Å². The summed E-state index contributed by atoms with van der Waals surface area (Å²) in [4.78, 5) is 6.82. The number of piperidine rings is 1. The van der Waals surface area contributed by atoms with Crippen LogP contribution in [0.2, 0.25) is 0 Å². The van der Waals surface area contributed by atoms with E-state index < -0.39 is 9.84 Å². The Hall–Kier alpha value is -0.920. The average molecular weight is 370 g/mol. The molecule has 6 nitrogen and oxygen atoms in total. The van der Waals surface area contributed by atoms with Crippen molar-refractivity contribution < 1.29 is 13.2 Å². The lowest BCUT2D eigenvalue weighted by molar-refractivity contribution is 0.130. The first-order chi connectivity index (χ1) is 12.0. The van der Waals surface area contributed by atoms with Gasteiger partial charge in [0.15, 0.2) is 0 Å². The molecule has 1 aliphatic heterocycles. The molecule has 0 N–H and O–H groups in total. The lowest BCUT2D eigenvalue weighted by atomic mass is 10.00. The number of nitrogens with zero attached hydrogens (tertiary/aromatic N) is 3. The van der Waals surface area contributed by atoms with Gasteiger partial charge < -0.3 is 9.30 Å². The van der Waals surface area contributed by atoms with Gasteiger partial charge in [-0.15, -0.1) is 0 Å². The average Bonchev–Trinajstić information content (AvgIpc) is 3.30. The molecule has 0 bridgehead atoms.